The zero-order chi connectivity index (χ0) is 20.5. The van der Waals surface area contributed by atoms with Crippen LogP contribution in [0.1, 0.15) is 25.3 Å². The topological polar surface area (TPSA) is 70.7 Å². The van der Waals surface area contributed by atoms with Gasteiger partial charge in [-0.15, -0.1) is 0 Å². The van der Waals surface area contributed by atoms with Gasteiger partial charge in [0.15, 0.2) is 0 Å². The zero-order valence-corrected chi connectivity index (χ0v) is 17.2. The van der Waals surface area contributed by atoms with Gasteiger partial charge in [-0.1, -0.05) is 36.7 Å². The molecule has 0 aliphatic heterocycles. The number of carbonyl (C=O) groups excluding carboxylic acids is 2. The number of ether oxygens (including phenoxy) is 1. The quantitative estimate of drug-likeness (QED) is 0.659. The Morgan fingerprint density at radius 3 is 2.64 bits per heavy atom. The van der Waals surface area contributed by atoms with Crippen molar-refractivity contribution in [2.75, 3.05) is 31.3 Å². The van der Waals surface area contributed by atoms with Gasteiger partial charge in [0.25, 0.3) is 0 Å². The molecule has 2 N–H and O–H groups in total. The lowest BCUT2D eigenvalue weighted by atomic mass is 10.2. The first-order valence-corrected chi connectivity index (χ1v) is 9.51. The maximum Gasteiger partial charge on any atom is 0.241 e. The van der Waals surface area contributed by atoms with E-state index in [1.165, 1.54) is 0 Å². The lowest BCUT2D eigenvalue weighted by Crippen LogP contribution is -2.32. The van der Waals surface area contributed by atoms with Crippen molar-refractivity contribution in [3.63, 3.8) is 0 Å². The number of halogens is 1. The molecule has 7 heteroatoms. The van der Waals surface area contributed by atoms with Crippen molar-refractivity contribution in [3.05, 3.63) is 53.1 Å². The normalized spacial score (nSPS) is 10.3. The summed E-state index contributed by atoms with van der Waals surface area (Å²) in [5.74, 6) is 0.597. The lowest BCUT2D eigenvalue weighted by Gasteiger charge is -2.20. The monoisotopic (exact) mass is 403 g/mol. The summed E-state index contributed by atoms with van der Waals surface area (Å²) in [5.41, 5.74) is 2.16. The molecule has 2 amide bonds. The summed E-state index contributed by atoms with van der Waals surface area (Å²) in [4.78, 5) is 25.9. The molecular formula is C21H26ClN3O3. The molecule has 0 saturated carbocycles. The van der Waals surface area contributed by atoms with Crippen LogP contribution in [0.4, 0.5) is 11.4 Å². The van der Waals surface area contributed by atoms with E-state index in [0.29, 0.717) is 29.4 Å². The molecule has 0 spiro atoms. The first-order valence-electron chi connectivity index (χ1n) is 9.13. The summed E-state index contributed by atoms with van der Waals surface area (Å²) >= 11 is 6.21. The van der Waals surface area contributed by atoms with E-state index < -0.39 is 0 Å². The predicted octanol–water partition coefficient (Wildman–Crippen LogP) is 4.16. The number of likely N-dealkylation sites (N-methyl/N-ethyl adjacent to an activating group) is 1. The molecule has 0 heterocycles. The lowest BCUT2D eigenvalue weighted by molar-refractivity contribution is -0.128. The molecule has 2 rings (SSSR count). The summed E-state index contributed by atoms with van der Waals surface area (Å²) in [6, 6.07) is 12.7. The van der Waals surface area contributed by atoms with E-state index in [1.54, 1.807) is 37.3 Å². The molecule has 0 unspecified atom stereocenters. The second-order valence-electron chi connectivity index (χ2n) is 6.41. The Morgan fingerprint density at radius 1 is 1.18 bits per heavy atom. The van der Waals surface area contributed by atoms with Gasteiger partial charge < -0.3 is 20.3 Å². The van der Waals surface area contributed by atoms with E-state index in [-0.39, 0.29) is 18.4 Å². The molecule has 0 radical (unpaired) electrons. The fourth-order valence-corrected chi connectivity index (χ4v) is 2.86. The van der Waals surface area contributed by atoms with Gasteiger partial charge in [0.2, 0.25) is 11.8 Å². The largest absolute Gasteiger partial charge is 0.496 e. The summed E-state index contributed by atoms with van der Waals surface area (Å²) in [7, 11) is 3.34. The average Bonchev–Trinajstić information content (AvgIpc) is 2.68. The number of amides is 2. The second-order valence-corrected chi connectivity index (χ2v) is 6.82. The van der Waals surface area contributed by atoms with Crippen molar-refractivity contribution in [1.82, 2.24) is 4.90 Å². The number of hydrogen-bond donors (Lipinski definition) is 2. The number of nitrogens with zero attached hydrogens (tertiary/aromatic N) is 1. The highest BCUT2D eigenvalue weighted by Gasteiger charge is 2.13. The third kappa shape index (κ3) is 6.16. The van der Waals surface area contributed by atoms with E-state index >= 15 is 0 Å². The number of nitrogens with one attached hydrogen (secondary N) is 2. The first-order chi connectivity index (χ1) is 13.4. The van der Waals surface area contributed by atoms with Gasteiger partial charge in [-0.2, -0.15) is 0 Å². The van der Waals surface area contributed by atoms with Gasteiger partial charge in [-0.25, -0.2) is 0 Å². The maximum atomic E-state index is 12.5. The molecule has 2 aromatic rings. The van der Waals surface area contributed by atoms with E-state index in [9.17, 15) is 9.59 Å². The average molecular weight is 404 g/mol. The Morgan fingerprint density at radius 2 is 1.93 bits per heavy atom. The number of benzene rings is 2. The third-order valence-electron chi connectivity index (χ3n) is 4.18. The molecule has 0 saturated heterocycles. The third-order valence-corrected chi connectivity index (χ3v) is 4.51. The van der Waals surface area contributed by atoms with Crippen LogP contribution in [0, 0.1) is 0 Å². The number of hydrogen-bond acceptors (Lipinski definition) is 4. The highest BCUT2D eigenvalue weighted by atomic mass is 35.5. The summed E-state index contributed by atoms with van der Waals surface area (Å²) in [6.45, 7) is 2.46. The Kier molecular flexibility index (Phi) is 8.14. The molecule has 0 aromatic heterocycles. The highest BCUT2D eigenvalue weighted by Crippen LogP contribution is 2.26. The van der Waals surface area contributed by atoms with Gasteiger partial charge in [-0.05, 0) is 30.7 Å². The molecule has 28 heavy (non-hydrogen) atoms. The summed E-state index contributed by atoms with van der Waals surface area (Å²) in [6.07, 6.45) is 1.23. The highest BCUT2D eigenvalue weighted by molar-refractivity contribution is 6.33. The van der Waals surface area contributed by atoms with E-state index in [2.05, 4.69) is 10.6 Å². The number of methoxy groups -OCH3 is 1. The number of rotatable bonds is 9. The molecule has 0 fully saturated rings. The minimum Gasteiger partial charge on any atom is -0.496 e. The molecular weight excluding hydrogens is 378 g/mol. The van der Waals surface area contributed by atoms with Crippen molar-refractivity contribution in [1.29, 1.82) is 0 Å². The number of carbonyl (C=O) groups is 2. The summed E-state index contributed by atoms with van der Waals surface area (Å²) in [5, 5.41) is 6.35. The van der Waals surface area contributed by atoms with Crippen LogP contribution in [-0.4, -0.2) is 37.4 Å². The Bertz CT molecular complexity index is 826. The van der Waals surface area contributed by atoms with Crippen LogP contribution in [0.15, 0.2) is 42.5 Å². The van der Waals surface area contributed by atoms with Crippen LogP contribution < -0.4 is 15.4 Å². The van der Waals surface area contributed by atoms with Crippen molar-refractivity contribution in [2.24, 2.45) is 0 Å². The number of para-hydroxylation sites is 1. The Labute approximate surface area is 170 Å². The maximum absolute atomic E-state index is 12.5. The van der Waals surface area contributed by atoms with E-state index in [4.69, 9.17) is 16.3 Å². The molecule has 0 aliphatic rings. The minimum absolute atomic E-state index is 0.0524. The van der Waals surface area contributed by atoms with Crippen molar-refractivity contribution in [3.8, 4) is 5.75 Å². The molecule has 0 bridgehead atoms. The van der Waals surface area contributed by atoms with Crippen molar-refractivity contribution < 1.29 is 14.3 Å². The zero-order valence-electron chi connectivity index (χ0n) is 16.4. The molecule has 6 nitrogen and oxygen atoms in total. The molecule has 0 aliphatic carbocycles. The Hall–Kier alpha value is -2.73. The van der Waals surface area contributed by atoms with Gasteiger partial charge >= 0.3 is 0 Å². The van der Waals surface area contributed by atoms with E-state index in [0.717, 1.165) is 17.7 Å². The van der Waals surface area contributed by atoms with Crippen molar-refractivity contribution >= 4 is 34.8 Å². The molecule has 150 valence electrons. The van der Waals surface area contributed by atoms with E-state index in [1.807, 2.05) is 31.2 Å². The van der Waals surface area contributed by atoms with Crippen LogP contribution in [-0.2, 0) is 16.1 Å². The van der Waals surface area contributed by atoms with Gasteiger partial charge in [-0.3, -0.25) is 9.59 Å². The smallest absolute Gasteiger partial charge is 0.241 e. The fraction of sp³-hybridized carbons (Fsp3) is 0.333. The number of anilines is 2. The van der Waals surface area contributed by atoms with Crippen LogP contribution in [0.25, 0.3) is 0 Å². The standard InChI is InChI=1S/C21H26ClN3O3/c1-4-7-20(26)24-16-10-11-17(22)18(12-16)23-13-21(27)25(2)14-15-8-5-6-9-19(15)28-3/h5-6,8-12,23H,4,7,13-14H2,1-3H3,(H,24,26). The van der Waals surface area contributed by atoms with Crippen LogP contribution in [0.3, 0.4) is 0 Å². The van der Waals surface area contributed by atoms with Crippen LogP contribution in [0.5, 0.6) is 5.75 Å². The van der Waals surface area contributed by atoms with Gasteiger partial charge in [0.05, 0.1) is 24.4 Å². The SMILES string of the molecule is CCCC(=O)Nc1ccc(Cl)c(NCC(=O)N(C)Cc2ccccc2OC)c1. The van der Waals surface area contributed by atoms with Crippen molar-refractivity contribution in [2.45, 2.75) is 26.3 Å². The predicted molar refractivity (Wildman–Crippen MR) is 113 cm³/mol. The Balaban J connectivity index is 1.96. The van der Waals surface area contributed by atoms with Gasteiger partial charge in [0.1, 0.15) is 5.75 Å². The first kappa shape index (κ1) is 21.6. The van der Waals surface area contributed by atoms with Gasteiger partial charge in [0, 0.05) is 31.3 Å². The minimum atomic E-state index is -0.0950. The fourth-order valence-electron chi connectivity index (χ4n) is 2.67. The molecule has 2 aromatic carbocycles. The molecule has 0 atom stereocenters. The second kappa shape index (κ2) is 10.6. The van der Waals surface area contributed by atoms with Crippen LogP contribution in [0.2, 0.25) is 5.02 Å². The van der Waals surface area contributed by atoms with Crippen LogP contribution >= 0.6 is 11.6 Å². The summed E-state index contributed by atoms with van der Waals surface area (Å²) < 4.78 is 5.33.